The van der Waals surface area contributed by atoms with Gasteiger partial charge in [-0.1, -0.05) is 31.2 Å². The fourth-order valence-electron chi connectivity index (χ4n) is 3.55. The monoisotopic (exact) mass is 396 g/mol. The third kappa shape index (κ3) is 4.21. The first-order chi connectivity index (χ1) is 13.8. The second-order valence-electron chi connectivity index (χ2n) is 7.16. The van der Waals surface area contributed by atoms with Crippen LogP contribution in [0.25, 0.3) is 0 Å². The Morgan fingerprint density at radius 2 is 2.03 bits per heavy atom. The summed E-state index contributed by atoms with van der Waals surface area (Å²) in [4.78, 5) is 41.6. The molecule has 0 bridgehead atoms. The van der Waals surface area contributed by atoms with Crippen LogP contribution in [0, 0.1) is 5.92 Å². The molecule has 29 heavy (non-hydrogen) atoms. The molecule has 3 amide bonds. The number of β-lactam (4-membered cyclic amide) rings is 1. The number of nitrogen functional groups attached to an aromatic ring is 1. The Morgan fingerprint density at radius 1 is 1.28 bits per heavy atom. The lowest BCUT2D eigenvalue weighted by Gasteiger charge is -2.43. The van der Waals surface area contributed by atoms with Crippen molar-refractivity contribution in [3.8, 4) is 0 Å². The average molecular weight is 396 g/mol. The van der Waals surface area contributed by atoms with Gasteiger partial charge < -0.3 is 16.2 Å². The molecule has 0 spiro atoms. The molecular formula is C21H24N4O4. The molecule has 152 valence electrons. The van der Waals surface area contributed by atoms with E-state index in [1.807, 2.05) is 31.2 Å². The number of carbonyl (C=O) groups is 3. The number of carbonyl (C=O) groups excluding carboxylic acids is 2. The van der Waals surface area contributed by atoms with Gasteiger partial charge in [0.15, 0.2) is 6.04 Å². The van der Waals surface area contributed by atoms with Gasteiger partial charge in [-0.3, -0.25) is 4.79 Å². The molecule has 1 aliphatic rings. The van der Waals surface area contributed by atoms with Crippen molar-refractivity contribution in [1.82, 2.24) is 15.2 Å². The Morgan fingerprint density at radius 3 is 2.69 bits per heavy atom. The molecule has 3 atom stereocenters. The van der Waals surface area contributed by atoms with Crippen LogP contribution >= 0.6 is 0 Å². The molecule has 3 rings (SSSR count). The first-order valence-electron chi connectivity index (χ1n) is 9.47. The van der Waals surface area contributed by atoms with Crippen LogP contribution < -0.4 is 11.1 Å². The number of imide groups is 1. The van der Waals surface area contributed by atoms with Crippen LogP contribution in [0.4, 0.5) is 10.6 Å². The number of urea groups is 1. The number of hydrogen-bond donors (Lipinski definition) is 3. The molecule has 0 saturated carbocycles. The summed E-state index contributed by atoms with van der Waals surface area (Å²) in [6.07, 6.45) is 2.54. The number of carboxylic acid groups (broad SMARTS) is 1. The van der Waals surface area contributed by atoms with Crippen molar-refractivity contribution < 1.29 is 19.5 Å². The number of nitrogens with one attached hydrogen (secondary N) is 1. The number of carboxylic acids is 1. The highest BCUT2D eigenvalue weighted by molar-refractivity contribution is 6.07. The predicted octanol–water partition coefficient (Wildman–Crippen LogP) is 2.15. The van der Waals surface area contributed by atoms with Crippen LogP contribution in [-0.2, 0) is 22.4 Å². The van der Waals surface area contributed by atoms with Crippen molar-refractivity contribution in [3.63, 3.8) is 0 Å². The highest BCUT2D eigenvalue weighted by Crippen LogP contribution is 2.31. The molecule has 4 N–H and O–H groups in total. The summed E-state index contributed by atoms with van der Waals surface area (Å²) in [5.41, 5.74) is 8.36. The number of aryl methyl sites for hydroxylation is 1. The number of nitrogens with two attached hydrogens (primary N) is 1. The van der Waals surface area contributed by atoms with E-state index in [2.05, 4.69) is 10.3 Å². The minimum Gasteiger partial charge on any atom is -0.480 e. The second-order valence-corrected chi connectivity index (χ2v) is 7.16. The Kier molecular flexibility index (Phi) is 5.81. The summed E-state index contributed by atoms with van der Waals surface area (Å²) < 4.78 is 0. The van der Waals surface area contributed by atoms with E-state index in [0.717, 1.165) is 22.4 Å². The summed E-state index contributed by atoms with van der Waals surface area (Å²) in [5.74, 6) is -2.26. The smallest absolute Gasteiger partial charge is 0.327 e. The maximum absolute atomic E-state index is 12.6. The molecule has 0 unspecified atom stereocenters. The van der Waals surface area contributed by atoms with Crippen LogP contribution in [0.2, 0.25) is 0 Å². The predicted molar refractivity (Wildman–Crippen MR) is 107 cm³/mol. The molecule has 1 aliphatic heterocycles. The fraction of sp³-hybridized carbons (Fsp3) is 0.333. The summed E-state index contributed by atoms with van der Waals surface area (Å²) in [7, 11) is 0. The van der Waals surface area contributed by atoms with Gasteiger partial charge in [-0.25, -0.2) is 19.5 Å². The van der Waals surface area contributed by atoms with E-state index in [1.54, 1.807) is 19.1 Å². The molecule has 2 aromatic rings. The third-order valence-electron chi connectivity index (χ3n) is 5.19. The first-order valence-corrected chi connectivity index (χ1v) is 9.47. The lowest BCUT2D eigenvalue weighted by molar-refractivity contribution is -0.165. The zero-order valence-corrected chi connectivity index (χ0v) is 16.3. The van der Waals surface area contributed by atoms with E-state index in [-0.39, 0.29) is 12.5 Å². The number of amides is 3. The molecule has 0 aliphatic carbocycles. The topological polar surface area (TPSA) is 126 Å². The van der Waals surface area contributed by atoms with Crippen molar-refractivity contribution in [2.24, 2.45) is 5.92 Å². The first kappa shape index (κ1) is 20.3. The number of aliphatic carboxylic acids is 1. The van der Waals surface area contributed by atoms with Crippen LogP contribution in [-0.4, -0.2) is 38.9 Å². The summed E-state index contributed by atoms with van der Waals surface area (Å²) in [5, 5.41) is 12.3. The molecule has 0 radical (unpaired) electrons. The molecule has 1 saturated heterocycles. The van der Waals surface area contributed by atoms with Gasteiger partial charge in [0.2, 0.25) is 5.91 Å². The molecule has 8 heteroatoms. The number of anilines is 1. The van der Waals surface area contributed by atoms with E-state index < -0.39 is 29.9 Å². The number of hydrogen-bond acceptors (Lipinski definition) is 5. The van der Waals surface area contributed by atoms with Crippen molar-refractivity contribution >= 4 is 23.7 Å². The van der Waals surface area contributed by atoms with E-state index in [4.69, 9.17) is 5.73 Å². The lowest BCUT2D eigenvalue weighted by Crippen LogP contribution is -2.68. The summed E-state index contributed by atoms with van der Waals surface area (Å²) >= 11 is 0. The van der Waals surface area contributed by atoms with Gasteiger partial charge in [0, 0.05) is 6.20 Å². The number of rotatable bonds is 6. The molecular weight excluding hydrogens is 372 g/mol. The molecule has 1 fully saturated rings. The Balaban J connectivity index is 1.71. The minimum absolute atomic E-state index is 0.181. The highest BCUT2D eigenvalue weighted by atomic mass is 16.4. The Hall–Kier alpha value is -3.42. The Bertz CT molecular complexity index is 946. The van der Waals surface area contributed by atoms with E-state index in [0.29, 0.717) is 11.4 Å². The summed E-state index contributed by atoms with van der Waals surface area (Å²) in [6.45, 7) is 3.83. The van der Waals surface area contributed by atoms with Gasteiger partial charge in [-0.05, 0) is 48.6 Å². The van der Waals surface area contributed by atoms with Crippen LogP contribution in [0.3, 0.4) is 0 Å². The van der Waals surface area contributed by atoms with E-state index >= 15 is 0 Å². The molecule has 1 aromatic heterocycles. The fourth-order valence-corrected chi connectivity index (χ4v) is 3.55. The third-order valence-corrected chi connectivity index (χ3v) is 5.19. The number of aromatic nitrogens is 1. The average Bonchev–Trinajstić information content (AvgIpc) is 2.69. The number of pyridine rings is 1. The summed E-state index contributed by atoms with van der Waals surface area (Å²) in [6, 6.07) is 8.74. The SMILES string of the molecule is CCc1cccc([C@@H](C)NC(=O)N2C(=O)[C@H](Cc3ccnc(N)c3)[C@H]2C(=O)O)c1. The standard InChI is InChI=1S/C21H24N4O4/c1-3-13-5-4-6-15(9-13)12(2)24-21(29)25-18(20(27)28)16(19(25)26)10-14-7-8-23-17(22)11-14/h4-9,11-12,16,18H,3,10H2,1-2H3,(H2,22,23)(H,24,29)(H,27,28)/t12-,16-,18+/m1/s1. The van der Waals surface area contributed by atoms with Gasteiger partial charge in [-0.2, -0.15) is 0 Å². The maximum atomic E-state index is 12.6. The van der Waals surface area contributed by atoms with Gasteiger partial charge in [0.1, 0.15) is 5.82 Å². The number of likely N-dealkylation sites (tertiary alicyclic amines) is 1. The van der Waals surface area contributed by atoms with Crippen molar-refractivity contribution in [1.29, 1.82) is 0 Å². The quantitative estimate of drug-likeness (QED) is 0.643. The number of nitrogens with zero attached hydrogens (tertiary/aromatic N) is 2. The largest absolute Gasteiger partial charge is 0.480 e. The van der Waals surface area contributed by atoms with E-state index in [1.165, 1.54) is 6.20 Å². The van der Waals surface area contributed by atoms with Crippen molar-refractivity contribution in [2.45, 2.75) is 38.8 Å². The van der Waals surface area contributed by atoms with Gasteiger partial charge >= 0.3 is 12.0 Å². The maximum Gasteiger partial charge on any atom is 0.327 e. The number of benzene rings is 1. The van der Waals surface area contributed by atoms with Crippen molar-refractivity contribution in [2.75, 3.05) is 5.73 Å². The zero-order chi connectivity index (χ0) is 21.1. The van der Waals surface area contributed by atoms with E-state index in [9.17, 15) is 19.5 Å². The van der Waals surface area contributed by atoms with Crippen molar-refractivity contribution in [3.05, 3.63) is 59.3 Å². The molecule has 2 heterocycles. The Labute approximate surface area is 168 Å². The van der Waals surface area contributed by atoms with Gasteiger partial charge in [-0.15, -0.1) is 0 Å². The van der Waals surface area contributed by atoms with Crippen LogP contribution in [0.15, 0.2) is 42.6 Å². The van der Waals surface area contributed by atoms with Crippen LogP contribution in [0.1, 0.15) is 36.6 Å². The van der Waals surface area contributed by atoms with Gasteiger partial charge in [0.25, 0.3) is 0 Å². The van der Waals surface area contributed by atoms with Crippen LogP contribution in [0.5, 0.6) is 0 Å². The normalized spacial score (nSPS) is 19.4. The highest BCUT2D eigenvalue weighted by Gasteiger charge is 2.54. The zero-order valence-electron chi connectivity index (χ0n) is 16.3. The minimum atomic E-state index is -1.22. The molecule has 8 nitrogen and oxygen atoms in total. The second kappa shape index (κ2) is 8.30. The lowest BCUT2D eigenvalue weighted by atomic mass is 9.82. The molecule has 1 aromatic carbocycles. The van der Waals surface area contributed by atoms with Gasteiger partial charge in [0.05, 0.1) is 12.0 Å².